The first-order chi connectivity index (χ1) is 45.2. The highest BCUT2D eigenvalue weighted by Crippen LogP contribution is 2.49. The van der Waals surface area contributed by atoms with Crippen molar-refractivity contribution in [2.45, 2.75) is 182 Å². The van der Waals surface area contributed by atoms with Gasteiger partial charge in [0.2, 0.25) is 0 Å². The summed E-state index contributed by atoms with van der Waals surface area (Å²) in [6.07, 6.45) is 9.08. The van der Waals surface area contributed by atoms with Crippen molar-refractivity contribution in [2.75, 3.05) is 85.8 Å². The number of carbonyl (C=O) groups is 9. The summed E-state index contributed by atoms with van der Waals surface area (Å²) in [5.41, 5.74) is -4.39. The van der Waals surface area contributed by atoms with Crippen LogP contribution in [0.1, 0.15) is 120 Å². The molecule has 2 fully saturated rings. The average molecular weight is 1400 g/mol. The third-order valence-electron chi connectivity index (χ3n) is 16.4. The lowest BCUT2D eigenvalue weighted by Crippen LogP contribution is -2.55. The Kier molecular flexibility index (Phi) is 36.1. The molecule has 0 aromatic heterocycles. The minimum absolute atomic E-state index is 0.0577. The number of ether oxygens (including phenoxy) is 12. The number of hydrogen-bond donors (Lipinski definition) is 3. The van der Waals surface area contributed by atoms with Crippen LogP contribution in [0.4, 0.5) is 14.4 Å². The van der Waals surface area contributed by atoms with Crippen LogP contribution in [-0.4, -0.2) is 180 Å². The Morgan fingerprint density at radius 1 is 0.515 bits per heavy atom. The van der Waals surface area contributed by atoms with Gasteiger partial charge < -0.3 is 76.9 Å². The molecular formula is C70H113N3O22Si2. The lowest BCUT2D eigenvalue weighted by molar-refractivity contribution is -0.159. The molecule has 2 aliphatic rings. The number of carbonyl (C=O) groups excluding carboxylic acids is 9. The minimum atomic E-state index is -2.07. The number of esters is 6. The van der Waals surface area contributed by atoms with E-state index in [1.807, 2.05) is 13.8 Å². The zero-order chi connectivity index (χ0) is 73.3. The Morgan fingerprint density at radius 2 is 0.928 bits per heavy atom. The zero-order valence-corrected chi connectivity index (χ0v) is 61.9. The normalized spacial score (nSPS) is 19.6. The maximum Gasteiger partial charge on any atom is 0.407 e. The van der Waals surface area contributed by atoms with Crippen LogP contribution in [0.25, 0.3) is 0 Å². The summed E-state index contributed by atoms with van der Waals surface area (Å²) in [6.45, 7) is 47.7. The van der Waals surface area contributed by atoms with Gasteiger partial charge in [-0.1, -0.05) is 80.7 Å². The molecule has 3 amide bonds. The molecule has 2 aliphatic carbocycles. The van der Waals surface area contributed by atoms with E-state index in [4.69, 9.17) is 61.0 Å². The number of nitrogens with one attached hydrogen (secondary N) is 3. The van der Waals surface area contributed by atoms with Crippen LogP contribution in [0.15, 0.2) is 88.3 Å². The molecule has 0 aromatic carbocycles. The summed E-state index contributed by atoms with van der Waals surface area (Å²) in [5.74, 6) is -4.10. The first-order valence-corrected chi connectivity index (χ1v) is 39.2. The molecule has 3 N–H and O–H groups in total. The van der Waals surface area contributed by atoms with Crippen molar-refractivity contribution in [2.24, 2.45) is 33.0 Å². The predicted octanol–water partition coefficient (Wildman–Crippen LogP) is 11.0. The van der Waals surface area contributed by atoms with Crippen molar-refractivity contribution < 1.29 is 104 Å². The van der Waals surface area contributed by atoms with Gasteiger partial charge in [-0.05, 0) is 145 Å². The molecule has 0 bridgehead atoms. The first kappa shape index (κ1) is 86.0. The van der Waals surface area contributed by atoms with Crippen LogP contribution in [-0.2, 0) is 89.7 Å². The summed E-state index contributed by atoms with van der Waals surface area (Å²) >= 11 is 0. The van der Waals surface area contributed by atoms with Crippen LogP contribution >= 0.6 is 0 Å². The number of hydrogen-bond acceptors (Lipinski definition) is 22. The SMILES string of the molecule is C=CC(=C)OCC(COC(=O)C=C)(COC(=O)C=C)COC(=O)NC1CC(C)(C)CC(C)(CCC(=O)OC(C)COCCC[Si](C)(C)O[Si](C)(C)CCCOCC(C)OC(=O)NCC2CC(C)(C)CC(C)(NC(=O)OCC(COC(=O)C=C)(COC(=O)C=C)COC(=O)C=C)C2)C1. The zero-order valence-electron chi connectivity index (χ0n) is 59.9. The van der Waals surface area contributed by atoms with E-state index in [2.05, 4.69) is 123 Å². The maximum atomic E-state index is 13.5. The topological polar surface area (TPSA) is 310 Å². The summed E-state index contributed by atoms with van der Waals surface area (Å²) < 4.78 is 73.6. The Morgan fingerprint density at radius 3 is 1.37 bits per heavy atom. The Hall–Kier alpha value is -7.08. The Balaban J connectivity index is 1.79. The molecule has 0 saturated heterocycles. The summed E-state index contributed by atoms with van der Waals surface area (Å²) in [4.78, 5) is 113. The molecule has 0 aromatic rings. The quantitative estimate of drug-likeness (QED) is 0.00970. The molecule has 25 nitrogen and oxygen atoms in total. The van der Waals surface area contributed by atoms with Crippen LogP contribution in [0.2, 0.25) is 38.3 Å². The highest BCUT2D eigenvalue weighted by molar-refractivity contribution is 6.84. The Bertz CT molecular complexity index is 2590. The lowest BCUT2D eigenvalue weighted by atomic mass is 9.61. The van der Waals surface area contributed by atoms with E-state index in [0.717, 1.165) is 68.2 Å². The largest absolute Gasteiger partial charge is 0.493 e. The van der Waals surface area contributed by atoms with Crippen molar-refractivity contribution in [1.29, 1.82) is 0 Å². The van der Waals surface area contributed by atoms with Gasteiger partial charge in [0.05, 0.1) is 13.2 Å². The minimum Gasteiger partial charge on any atom is -0.493 e. The van der Waals surface area contributed by atoms with Crippen LogP contribution in [0, 0.1) is 33.0 Å². The molecule has 0 aliphatic heterocycles. The standard InChI is InChI=1S/C70H113N3O22Si2/c1-20-51(7)85-43-69(44-86-56(74)21-2,45-87-57(75)22-3)49-91-63(81)72-55-36-66(12,13)41-67(14,37-55)29-28-61(79)93-52(8)39-83-30-26-32-96(16,17)95-97(18,19)33-27-31-84-40-53(9)94-62(80)71-38-54-34-65(10,11)42-68(15,35-54)73-64(82)92-50-70(46-88-58(76)23-4,47-89-59(77)24-5)48-90-60(78)25-6/h20-25,52-55H,1-7,26-50H2,8-19H3,(H,71,80)(H,72,81)(H,73,82). The number of rotatable bonds is 46. The molecular weight excluding hydrogens is 1290 g/mol. The van der Waals surface area contributed by atoms with Gasteiger partial charge in [-0.15, -0.1) is 0 Å². The summed E-state index contributed by atoms with van der Waals surface area (Å²) in [5, 5.41) is 8.84. The van der Waals surface area contributed by atoms with E-state index in [1.54, 1.807) is 6.92 Å². The van der Waals surface area contributed by atoms with Crippen molar-refractivity contribution in [3.8, 4) is 0 Å². The lowest BCUT2D eigenvalue weighted by Gasteiger charge is -2.47. The van der Waals surface area contributed by atoms with E-state index < -0.39 is 120 Å². The van der Waals surface area contributed by atoms with Gasteiger partial charge in [0.1, 0.15) is 81.7 Å². The highest BCUT2D eigenvalue weighted by Gasteiger charge is 2.46. The monoisotopic (exact) mass is 1400 g/mol. The molecule has 2 saturated carbocycles. The van der Waals surface area contributed by atoms with Gasteiger partial charge in [-0.25, -0.2) is 38.4 Å². The highest BCUT2D eigenvalue weighted by atomic mass is 28.4. The molecule has 6 unspecified atom stereocenters. The smallest absolute Gasteiger partial charge is 0.407 e. The predicted molar refractivity (Wildman–Crippen MR) is 369 cm³/mol. The molecule has 2 rings (SSSR count). The van der Waals surface area contributed by atoms with Gasteiger partial charge in [-0.3, -0.25) is 4.79 Å². The van der Waals surface area contributed by atoms with E-state index >= 15 is 0 Å². The second kappa shape index (κ2) is 40.7. The van der Waals surface area contributed by atoms with Gasteiger partial charge in [-0.2, -0.15) is 0 Å². The van der Waals surface area contributed by atoms with Crippen molar-refractivity contribution >= 4 is 70.7 Å². The summed E-state index contributed by atoms with van der Waals surface area (Å²) in [6, 6.07) is 1.46. The molecule has 0 heterocycles. The second-order valence-corrected chi connectivity index (χ2v) is 38.1. The molecule has 27 heteroatoms. The fraction of sp³-hybridized carbons (Fsp3) is 0.671. The van der Waals surface area contributed by atoms with Crippen molar-refractivity contribution in [3.05, 3.63) is 88.3 Å². The fourth-order valence-electron chi connectivity index (χ4n) is 12.8. The fourth-order valence-corrected chi connectivity index (χ4v) is 21.6. The second-order valence-electron chi connectivity index (χ2n) is 29.2. The molecule has 548 valence electrons. The van der Waals surface area contributed by atoms with Gasteiger partial charge in [0.15, 0.2) is 16.6 Å². The molecule has 6 atom stereocenters. The van der Waals surface area contributed by atoms with Gasteiger partial charge in [0.25, 0.3) is 0 Å². The van der Waals surface area contributed by atoms with Crippen LogP contribution < -0.4 is 16.0 Å². The van der Waals surface area contributed by atoms with E-state index in [0.29, 0.717) is 45.3 Å². The summed E-state index contributed by atoms with van der Waals surface area (Å²) in [7, 11) is -4.14. The number of alkyl carbamates (subject to hydrolysis) is 3. The number of allylic oxidation sites excluding steroid dienone is 1. The average Bonchev–Trinajstić information content (AvgIpc) is 0.805. The third kappa shape index (κ3) is 35.8. The Labute approximate surface area is 577 Å². The van der Waals surface area contributed by atoms with Crippen LogP contribution in [0.5, 0.6) is 0 Å². The third-order valence-corrected chi connectivity index (χ3v) is 23.9. The molecule has 0 spiro atoms. The molecule has 0 radical (unpaired) electrons. The van der Waals surface area contributed by atoms with Gasteiger partial charge >= 0.3 is 54.1 Å². The van der Waals surface area contributed by atoms with E-state index in [9.17, 15) is 43.2 Å². The van der Waals surface area contributed by atoms with Gasteiger partial charge in [0, 0.05) is 68.1 Å². The van der Waals surface area contributed by atoms with Crippen molar-refractivity contribution in [3.63, 3.8) is 0 Å². The van der Waals surface area contributed by atoms with Crippen molar-refractivity contribution in [1.82, 2.24) is 16.0 Å². The van der Waals surface area contributed by atoms with Crippen LogP contribution in [0.3, 0.4) is 0 Å². The first-order valence-electron chi connectivity index (χ1n) is 33.0. The maximum absolute atomic E-state index is 13.5. The van der Waals surface area contributed by atoms with E-state index in [1.165, 1.54) is 6.08 Å². The molecule has 97 heavy (non-hydrogen) atoms. The van der Waals surface area contributed by atoms with E-state index in [-0.39, 0.29) is 92.5 Å². The number of amides is 3.